The topological polar surface area (TPSA) is 178 Å². The number of nitrogens with one attached hydrogen (secondary N) is 1. The molecular weight excluding hydrogens is 506 g/mol. The average Bonchev–Trinajstić information content (AvgIpc) is 2.67. The molecule has 1 fully saturated rings. The highest BCUT2D eigenvalue weighted by Gasteiger charge is 2.51. The Hall–Kier alpha value is -1.66. The van der Waals surface area contributed by atoms with Crippen molar-refractivity contribution in [3.05, 3.63) is 35.9 Å². The van der Waals surface area contributed by atoms with Crippen LogP contribution < -0.4 is 5.32 Å². The number of carbonyl (C=O) groups excluding carboxylic acids is 1. The lowest BCUT2D eigenvalue weighted by Gasteiger charge is -2.44. The van der Waals surface area contributed by atoms with E-state index in [1.165, 1.54) is 19.2 Å². The Morgan fingerprint density at radius 3 is 1.94 bits per heavy atom. The molecule has 188 valence electrons. The first-order valence-electron chi connectivity index (χ1n) is 9.25. The fraction of sp³-hybridized carbons (Fsp3) is 0.588. The predicted molar refractivity (Wildman–Crippen MR) is 114 cm³/mol. The lowest BCUT2D eigenvalue weighted by molar-refractivity contribution is -0.249. The molecule has 1 amide bonds. The number of benzene rings is 1. The van der Waals surface area contributed by atoms with E-state index in [1.807, 2.05) is 0 Å². The summed E-state index contributed by atoms with van der Waals surface area (Å²) in [6, 6.07) is 6.45. The average molecular weight is 532 g/mol. The van der Waals surface area contributed by atoms with Gasteiger partial charge in [0.1, 0.15) is 24.4 Å². The molecular formula is C17H25NO12S3. The molecule has 0 radical (unpaired) electrons. The van der Waals surface area contributed by atoms with Crippen LogP contribution in [0, 0.1) is 0 Å². The molecule has 13 nitrogen and oxygen atoms in total. The summed E-state index contributed by atoms with van der Waals surface area (Å²) in [4.78, 5) is 12.7. The van der Waals surface area contributed by atoms with Crippen molar-refractivity contribution >= 4 is 36.3 Å². The SMILES string of the molecule is COC1OC(COS(C)(=O)=O)[C@@H](OS(C)(=O)=O)[C@H](OS(C)(=O)=O)C1NC(=O)c1ccccc1. The number of amides is 1. The third-order valence-electron chi connectivity index (χ3n) is 4.23. The molecule has 1 N–H and O–H groups in total. The molecule has 0 spiro atoms. The first kappa shape index (κ1) is 27.6. The molecule has 1 saturated heterocycles. The van der Waals surface area contributed by atoms with Crippen LogP contribution in [-0.2, 0) is 52.4 Å². The number of hydrogen-bond acceptors (Lipinski definition) is 12. The quantitative estimate of drug-likeness (QED) is 0.358. The lowest BCUT2D eigenvalue weighted by atomic mass is 9.96. The molecule has 1 heterocycles. The van der Waals surface area contributed by atoms with Gasteiger partial charge in [-0.25, -0.2) is 0 Å². The standard InChI is InChI=1S/C17H25NO12S3/c1-26-17-13(18-16(19)11-8-6-5-7-9-11)15(30-33(4,24)25)14(29-32(3,22)23)12(28-17)10-27-31(2,20)21/h5-9,12-15,17H,10H2,1-4H3,(H,18,19)/t12?,13?,14-,15-,17?/m1/s1. The van der Waals surface area contributed by atoms with E-state index in [-0.39, 0.29) is 5.56 Å². The summed E-state index contributed by atoms with van der Waals surface area (Å²) in [6.45, 7) is -0.748. The Bertz CT molecular complexity index is 1130. The molecule has 3 unspecified atom stereocenters. The fourth-order valence-corrected chi connectivity index (χ4v) is 4.69. The number of ether oxygens (including phenoxy) is 2. The van der Waals surface area contributed by atoms with Crippen LogP contribution in [0.2, 0.25) is 0 Å². The smallest absolute Gasteiger partial charge is 0.264 e. The minimum absolute atomic E-state index is 0.202. The first-order chi connectivity index (χ1) is 15.1. The van der Waals surface area contributed by atoms with Gasteiger partial charge in [-0.2, -0.15) is 25.3 Å². The van der Waals surface area contributed by atoms with Gasteiger partial charge in [0.05, 0.1) is 25.4 Å². The number of methoxy groups -OCH3 is 1. The van der Waals surface area contributed by atoms with E-state index in [4.69, 9.17) is 22.0 Å². The van der Waals surface area contributed by atoms with Crippen LogP contribution in [0.3, 0.4) is 0 Å². The fourth-order valence-electron chi connectivity index (χ4n) is 3.04. The number of rotatable bonds is 10. The summed E-state index contributed by atoms with van der Waals surface area (Å²) in [6.07, 6.45) is -4.14. The van der Waals surface area contributed by atoms with Gasteiger partial charge in [0.15, 0.2) is 6.29 Å². The minimum atomic E-state index is -4.24. The second-order valence-electron chi connectivity index (χ2n) is 7.16. The van der Waals surface area contributed by atoms with E-state index < -0.39 is 73.5 Å². The zero-order chi connectivity index (χ0) is 25.0. The molecule has 1 aliphatic heterocycles. The Balaban J connectivity index is 2.50. The van der Waals surface area contributed by atoms with Crippen molar-refractivity contribution in [1.29, 1.82) is 0 Å². The second-order valence-corrected chi connectivity index (χ2v) is 12.0. The zero-order valence-corrected chi connectivity index (χ0v) is 20.6. The summed E-state index contributed by atoms with van der Waals surface area (Å²) in [5.74, 6) is -0.669. The lowest BCUT2D eigenvalue weighted by Crippen LogP contribution is -2.66. The van der Waals surface area contributed by atoms with Crippen molar-refractivity contribution in [3.63, 3.8) is 0 Å². The van der Waals surface area contributed by atoms with E-state index >= 15 is 0 Å². The van der Waals surface area contributed by atoms with Crippen LogP contribution >= 0.6 is 0 Å². The number of hydrogen-bond donors (Lipinski definition) is 1. The van der Waals surface area contributed by atoms with E-state index in [0.29, 0.717) is 12.5 Å². The van der Waals surface area contributed by atoms with Crippen molar-refractivity contribution in [3.8, 4) is 0 Å². The minimum Gasteiger partial charge on any atom is -0.354 e. The van der Waals surface area contributed by atoms with Gasteiger partial charge in [0.25, 0.3) is 36.3 Å². The maximum absolute atomic E-state index is 12.7. The van der Waals surface area contributed by atoms with Crippen LogP contribution in [-0.4, -0.2) is 94.3 Å². The monoisotopic (exact) mass is 531 g/mol. The third kappa shape index (κ3) is 8.90. The van der Waals surface area contributed by atoms with E-state index in [0.717, 1.165) is 6.26 Å². The van der Waals surface area contributed by atoms with Gasteiger partial charge in [-0.1, -0.05) is 18.2 Å². The van der Waals surface area contributed by atoms with Crippen LogP contribution in [0.4, 0.5) is 0 Å². The summed E-state index contributed by atoms with van der Waals surface area (Å²) in [5, 5.41) is 2.51. The Morgan fingerprint density at radius 1 is 0.909 bits per heavy atom. The molecule has 0 bridgehead atoms. The van der Waals surface area contributed by atoms with E-state index in [1.54, 1.807) is 18.2 Å². The Morgan fingerprint density at radius 2 is 1.45 bits per heavy atom. The molecule has 0 saturated carbocycles. The molecule has 1 aliphatic rings. The normalized spacial score (nSPS) is 26.6. The van der Waals surface area contributed by atoms with Crippen LogP contribution in [0.15, 0.2) is 30.3 Å². The van der Waals surface area contributed by atoms with Crippen molar-refractivity contribution in [2.24, 2.45) is 0 Å². The second kappa shape index (κ2) is 10.7. The van der Waals surface area contributed by atoms with Crippen molar-refractivity contribution in [2.45, 2.75) is 30.6 Å². The number of carbonyl (C=O) groups is 1. The van der Waals surface area contributed by atoms with Gasteiger partial charge < -0.3 is 14.8 Å². The highest BCUT2D eigenvalue weighted by Crippen LogP contribution is 2.29. The van der Waals surface area contributed by atoms with E-state index in [2.05, 4.69) is 5.32 Å². The summed E-state index contributed by atoms with van der Waals surface area (Å²) in [5.41, 5.74) is 0.202. The van der Waals surface area contributed by atoms with Gasteiger partial charge in [-0.3, -0.25) is 17.3 Å². The maximum atomic E-state index is 12.7. The predicted octanol–water partition coefficient (Wildman–Crippen LogP) is -1.18. The van der Waals surface area contributed by atoms with Crippen molar-refractivity contribution < 1.29 is 52.1 Å². The molecule has 1 aromatic carbocycles. The van der Waals surface area contributed by atoms with Crippen LogP contribution in [0.1, 0.15) is 10.4 Å². The van der Waals surface area contributed by atoms with Crippen LogP contribution in [0.5, 0.6) is 0 Å². The molecule has 5 atom stereocenters. The maximum Gasteiger partial charge on any atom is 0.264 e. The van der Waals surface area contributed by atoms with Gasteiger partial charge >= 0.3 is 0 Å². The summed E-state index contributed by atoms with van der Waals surface area (Å²) >= 11 is 0. The molecule has 0 aliphatic carbocycles. The first-order valence-corrected chi connectivity index (χ1v) is 14.7. The summed E-state index contributed by atoms with van der Waals surface area (Å²) in [7, 11) is -11.3. The van der Waals surface area contributed by atoms with E-state index in [9.17, 15) is 30.0 Å². The Kier molecular flexibility index (Phi) is 8.97. The largest absolute Gasteiger partial charge is 0.354 e. The van der Waals surface area contributed by atoms with Crippen molar-refractivity contribution in [2.75, 3.05) is 32.5 Å². The molecule has 33 heavy (non-hydrogen) atoms. The van der Waals surface area contributed by atoms with Crippen molar-refractivity contribution in [1.82, 2.24) is 5.32 Å². The summed E-state index contributed by atoms with van der Waals surface area (Å²) < 4.78 is 96.2. The van der Waals surface area contributed by atoms with Gasteiger partial charge in [-0.05, 0) is 12.1 Å². The highest BCUT2D eigenvalue weighted by molar-refractivity contribution is 7.86. The van der Waals surface area contributed by atoms with Gasteiger partial charge in [0, 0.05) is 12.7 Å². The molecule has 2 rings (SSSR count). The van der Waals surface area contributed by atoms with Crippen LogP contribution in [0.25, 0.3) is 0 Å². The third-order valence-corrected chi connectivity index (χ3v) is 5.94. The molecule has 16 heteroatoms. The zero-order valence-electron chi connectivity index (χ0n) is 18.1. The highest BCUT2D eigenvalue weighted by atomic mass is 32.2. The van der Waals surface area contributed by atoms with Gasteiger partial charge in [0.2, 0.25) is 0 Å². The van der Waals surface area contributed by atoms with Gasteiger partial charge in [-0.15, -0.1) is 0 Å². The molecule has 0 aromatic heterocycles. The Labute approximate surface area is 192 Å². The molecule has 1 aromatic rings.